The summed E-state index contributed by atoms with van der Waals surface area (Å²) in [6, 6.07) is 19.7. The molecule has 204 valence electrons. The Morgan fingerprint density at radius 2 is 1.68 bits per heavy atom. The fourth-order valence-corrected chi connectivity index (χ4v) is 5.88. The molecule has 3 N–H and O–H groups in total. The number of hydrogen-bond acceptors (Lipinski definition) is 5. The van der Waals surface area contributed by atoms with Crippen LogP contribution in [0.1, 0.15) is 47.9 Å². The molecule has 4 aromatic rings. The van der Waals surface area contributed by atoms with Gasteiger partial charge in [0.2, 0.25) is 5.91 Å². The number of amides is 2. The number of alkyl carbamates (subject to hydrolysis) is 1. The highest BCUT2D eigenvalue weighted by molar-refractivity contribution is 9.10. The highest BCUT2D eigenvalue weighted by atomic mass is 79.9. The Bertz CT molecular complexity index is 1680. The molecule has 3 aromatic carbocycles. The number of hydrogen-bond donors (Lipinski definition) is 3. The minimum absolute atomic E-state index is 0.0136. The number of nitrogens with zero attached hydrogens (tertiary/aromatic N) is 1. The lowest BCUT2D eigenvalue weighted by Crippen LogP contribution is -2.31. The molecule has 2 aliphatic carbocycles. The molecule has 6 rings (SSSR count). The van der Waals surface area contributed by atoms with Gasteiger partial charge in [0.05, 0.1) is 5.52 Å². The Hall–Kier alpha value is -4.11. The van der Waals surface area contributed by atoms with E-state index in [9.17, 15) is 19.5 Å². The van der Waals surface area contributed by atoms with Crippen molar-refractivity contribution in [1.82, 2.24) is 9.88 Å². The summed E-state index contributed by atoms with van der Waals surface area (Å²) >= 11 is 3.50. The van der Waals surface area contributed by atoms with E-state index in [0.717, 1.165) is 45.1 Å². The molecular weight excluding hydrogens is 574 g/mol. The van der Waals surface area contributed by atoms with Crippen LogP contribution in [0.5, 0.6) is 5.75 Å². The van der Waals surface area contributed by atoms with Gasteiger partial charge in [-0.15, -0.1) is 0 Å². The van der Waals surface area contributed by atoms with Crippen LogP contribution in [0.4, 0.5) is 10.5 Å². The molecule has 1 saturated carbocycles. The highest BCUT2D eigenvalue weighted by Gasteiger charge is 2.31. The highest BCUT2D eigenvalue weighted by Crippen LogP contribution is 2.44. The average Bonchev–Trinajstić information content (AvgIpc) is 3.74. The van der Waals surface area contributed by atoms with Crippen molar-refractivity contribution in [2.75, 3.05) is 18.5 Å². The molecule has 0 unspecified atom stereocenters. The van der Waals surface area contributed by atoms with Crippen molar-refractivity contribution in [3.8, 4) is 16.9 Å². The van der Waals surface area contributed by atoms with Gasteiger partial charge < -0.3 is 25.0 Å². The van der Waals surface area contributed by atoms with Crippen LogP contribution in [-0.2, 0) is 9.53 Å². The number of carbonyl (C=O) groups is 2. The number of rotatable bonds is 7. The topological polar surface area (TPSA) is 110 Å². The molecule has 2 aliphatic rings. The molecule has 1 aromatic heterocycles. The number of pyridine rings is 1. The fraction of sp³-hybridized carbons (Fsp3) is 0.258. The Kier molecular flexibility index (Phi) is 6.83. The van der Waals surface area contributed by atoms with Crippen LogP contribution in [0.3, 0.4) is 0 Å². The normalized spacial score (nSPS) is 14.1. The molecule has 0 atom stereocenters. The number of benzene rings is 3. The van der Waals surface area contributed by atoms with Gasteiger partial charge in [-0.1, -0.05) is 64.5 Å². The second-order valence-corrected chi connectivity index (χ2v) is 11.1. The smallest absolute Gasteiger partial charge is 0.407 e. The fourth-order valence-electron chi connectivity index (χ4n) is 5.56. The number of nitrogens with one attached hydrogen (secondary N) is 2. The predicted molar refractivity (Wildman–Crippen MR) is 157 cm³/mol. The van der Waals surface area contributed by atoms with E-state index in [1.807, 2.05) is 49.4 Å². The Morgan fingerprint density at radius 3 is 2.33 bits per heavy atom. The lowest BCUT2D eigenvalue weighted by molar-refractivity contribution is -0.116. The molecule has 1 fully saturated rings. The van der Waals surface area contributed by atoms with E-state index in [2.05, 4.69) is 38.7 Å². The Balaban J connectivity index is 1.09. The van der Waals surface area contributed by atoms with E-state index >= 15 is 0 Å². The molecule has 8 nitrogen and oxygen atoms in total. The summed E-state index contributed by atoms with van der Waals surface area (Å²) in [4.78, 5) is 38.5. The van der Waals surface area contributed by atoms with E-state index in [-0.39, 0.29) is 43.0 Å². The molecule has 0 bridgehead atoms. The summed E-state index contributed by atoms with van der Waals surface area (Å²) in [6.45, 7) is 2.07. The third-order valence-electron chi connectivity index (χ3n) is 7.67. The maximum atomic E-state index is 13.3. The van der Waals surface area contributed by atoms with Crippen LogP contribution in [0.15, 0.2) is 69.9 Å². The van der Waals surface area contributed by atoms with E-state index in [1.165, 1.54) is 0 Å². The van der Waals surface area contributed by atoms with Gasteiger partial charge in [0, 0.05) is 34.8 Å². The summed E-state index contributed by atoms with van der Waals surface area (Å²) in [7, 11) is 0. The van der Waals surface area contributed by atoms with Gasteiger partial charge in [0.25, 0.3) is 5.56 Å². The number of carbonyl (C=O) groups excluding carboxylic acids is 2. The van der Waals surface area contributed by atoms with Crippen LogP contribution >= 0.6 is 15.9 Å². The number of halogens is 1. The summed E-state index contributed by atoms with van der Waals surface area (Å²) in [5.74, 6) is -0.817. The van der Waals surface area contributed by atoms with Gasteiger partial charge in [-0.3, -0.25) is 9.59 Å². The third kappa shape index (κ3) is 4.64. The zero-order valence-corrected chi connectivity index (χ0v) is 23.5. The van der Waals surface area contributed by atoms with Crippen molar-refractivity contribution in [2.24, 2.45) is 0 Å². The van der Waals surface area contributed by atoms with Crippen molar-refractivity contribution in [1.29, 1.82) is 0 Å². The summed E-state index contributed by atoms with van der Waals surface area (Å²) in [5, 5.41) is 16.6. The zero-order valence-electron chi connectivity index (χ0n) is 21.9. The van der Waals surface area contributed by atoms with E-state index in [4.69, 9.17) is 4.74 Å². The minimum atomic E-state index is -0.625. The molecule has 40 heavy (non-hydrogen) atoms. The molecule has 0 aliphatic heterocycles. The molecule has 0 radical (unpaired) electrons. The van der Waals surface area contributed by atoms with E-state index in [0.29, 0.717) is 10.9 Å². The molecule has 1 heterocycles. The molecule has 9 heteroatoms. The van der Waals surface area contributed by atoms with E-state index < -0.39 is 17.6 Å². The van der Waals surface area contributed by atoms with Gasteiger partial charge in [-0.05, 0) is 59.7 Å². The number of fused-ring (bicyclic) bond motifs is 4. The Morgan fingerprint density at radius 1 is 1.02 bits per heavy atom. The first kappa shape index (κ1) is 26.1. The third-order valence-corrected chi connectivity index (χ3v) is 8.53. The first-order chi connectivity index (χ1) is 19.3. The van der Waals surface area contributed by atoms with Gasteiger partial charge in [0.15, 0.2) is 11.4 Å². The predicted octanol–water partition coefficient (Wildman–Crippen LogP) is 5.98. The number of aromatic nitrogens is 1. The minimum Gasteiger partial charge on any atom is -0.505 e. The first-order valence-electron chi connectivity index (χ1n) is 13.3. The molecule has 0 saturated heterocycles. The lowest BCUT2D eigenvalue weighted by Gasteiger charge is -2.17. The van der Waals surface area contributed by atoms with Crippen molar-refractivity contribution in [3.63, 3.8) is 0 Å². The summed E-state index contributed by atoms with van der Waals surface area (Å²) in [6.07, 6.45) is 1.01. The van der Waals surface area contributed by atoms with Gasteiger partial charge in [0.1, 0.15) is 6.61 Å². The molecule has 0 spiro atoms. The Labute approximate surface area is 239 Å². The summed E-state index contributed by atoms with van der Waals surface area (Å²) < 4.78 is 8.02. The molecule has 2 amide bonds. The lowest BCUT2D eigenvalue weighted by atomic mass is 9.98. The number of aromatic hydroxyl groups is 1. The van der Waals surface area contributed by atoms with Crippen LogP contribution in [0.2, 0.25) is 0 Å². The number of ether oxygens (including phenoxy) is 1. The second-order valence-electron chi connectivity index (χ2n) is 10.2. The SMILES string of the molecule is Cc1c(Br)ccc2c(O)c(NC(=O)CCNC(=O)OCC3c4ccccc4-c4ccccc43)c(=O)n(C3CC3)c12. The van der Waals surface area contributed by atoms with E-state index in [1.54, 1.807) is 10.6 Å². The quantitative estimate of drug-likeness (QED) is 0.241. The maximum Gasteiger partial charge on any atom is 0.407 e. The number of aryl methyl sites for hydroxylation is 1. The van der Waals surface area contributed by atoms with Crippen molar-refractivity contribution < 1.29 is 19.4 Å². The van der Waals surface area contributed by atoms with Crippen molar-refractivity contribution in [3.05, 3.63) is 92.2 Å². The van der Waals surface area contributed by atoms with Crippen LogP contribution in [0, 0.1) is 6.92 Å². The largest absolute Gasteiger partial charge is 0.505 e. The van der Waals surface area contributed by atoms with Crippen LogP contribution in [-0.4, -0.2) is 34.8 Å². The van der Waals surface area contributed by atoms with Crippen molar-refractivity contribution in [2.45, 2.75) is 38.1 Å². The van der Waals surface area contributed by atoms with Gasteiger partial charge >= 0.3 is 6.09 Å². The maximum absolute atomic E-state index is 13.3. The van der Waals surface area contributed by atoms with Gasteiger partial charge in [-0.25, -0.2) is 4.79 Å². The zero-order chi connectivity index (χ0) is 28.0. The van der Waals surface area contributed by atoms with Gasteiger partial charge in [-0.2, -0.15) is 0 Å². The first-order valence-corrected chi connectivity index (χ1v) is 14.1. The second kappa shape index (κ2) is 10.5. The van der Waals surface area contributed by atoms with Crippen LogP contribution in [0.25, 0.3) is 22.0 Å². The van der Waals surface area contributed by atoms with Crippen LogP contribution < -0.4 is 16.2 Å². The summed E-state index contributed by atoms with van der Waals surface area (Å²) in [5.41, 5.74) is 5.44. The number of anilines is 1. The standard InChI is InChI=1S/C31H28BrN3O5/c1-17-25(32)13-12-23-28(17)35(18-10-11-18)30(38)27(29(23)37)34-26(36)14-15-33-31(39)40-16-24-21-8-4-2-6-19(21)20-7-3-5-9-22(20)24/h2-9,12-13,18,24,37H,10-11,14-16H2,1H3,(H,33,39)(H,34,36). The molecular formula is C31H28BrN3O5. The van der Waals surface area contributed by atoms with Crippen molar-refractivity contribution >= 4 is 44.5 Å². The average molecular weight is 602 g/mol. The monoisotopic (exact) mass is 601 g/mol.